The first-order valence-electron chi connectivity index (χ1n) is 7.34. The van der Waals surface area contributed by atoms with E-state index in [4.69, 9.17) is 16.3 Å². The van der Waals surface area contributed by atoms with Gasteiger partial charge in [-0.3, -0.25) is 0 Å². The number of ether oxygens (including phenoxy) is 1. The summed E-state index contributed by atoms with van der Waals surface area (Å²) >= 11 is 5.61. The van der Waals surface area contributed by atoms with Crippen molar-refractivity contribution in [2.45, 2.75) is 12.8 Å². The van der Waals surface area contributed by atoms with Gasteiger partial charge in [0.05, 0.1) is 5.56 Å². The van der Waals surface area contributed by atoms with Crippen molar-refractivity contribution in [3.05, 3.63) is 76.3 Å². The molecule has 2 aromatic rings. The third kappa shape index (κ3) is 6.15. The van der Waals surface area contributed by atoms with Crippen LogP contribution in [0.1, 0.15) is 16.7 Å². The van der Waals surface area contributed by atoms with E-state index in [2.05, 4.69) is 5.32 Å². The molecule has 0 spiro atoms. The summed E-state index contributed by atoms with van der Waals surface area (Å²) < 4.78 is 43.8. The Bertz CT molecular complexity index is 746. The summed E-state index contributed by atoms with van der Waals surface area (Å²) in [5, 5.41) is 2.44. The molecule has 7 heteroatoms. The minimum absolute atomic E-state index is 0.00656. The first-order valence-corrected chi connectivity index (χ1v) is 7.72. The Labute approximate surface area is 148 Å². The molecule has 0 unspecified atom stereocenters. The molecule has 0 saturated heterocycles. The molecule has 2 rings (SSSR count). The highest BCUT2D eigenvalue weighted by molar-refractivity contribution is 6.30. The van der Waals surface area contributed by atoms with Gasteiger partial charge in [0.2, 0.25) is 0 Å². The predicted octanol–water partition coefficient (Wildman–Crippen LogP) is 5.30. The highest BCUT2D eigenvalue weighted by Crippen LogP contribution is 2.34. The molecule has 1 N–H and O–H groups in total. The van der Waals surface area contributed by atoms with Crippen LogP contribution >= 0.6 is 11.6 Å². The fourth-order valence-corrected chi connectivity index (χ4v) is 2.19. The lowest BCUT2D eigenvalue weighted by Crippen LogP contribution is -2.24. The van der Waals surface area contributed by atoms with E-state index in [1.54, 1.807) is 0 Å². The van der Waals surface area contributed by atoms with Crippen LogP contribution in [0, 0.1) is 0 Å². The second-order valence-electron chi connectivity index (χ2n) is 5.07. The molecular weight excluding hydrogens is 355 g/mol. The number of hydrogen-bond donors (Lipinski definition) is 1. The number of rotatable bonds is 5. The van der Waals surface area contributed by atoms with Gasteiger partial charge < -0.3 is 10.1 Å². The lowest BCUT2D eigenvalue weighted by atomic mass is 10.1. The van der Waals surface area contributed by atoms with Gasteiger partial charge in [0, 0.05) is 11.6 Å². The van der Waals surface area contributed by atoms with Crippen LogP contribution in [0.25, 0.3) is 6.08 Å². The van der Waals surface area contributed by atoms with Crippen LogP contribution in [0.3, 0.4) is 0 Å². The molecule has 1 amide bonds. The molecule has 0 saturated carbocycles. The highest BCUT2D eigenvalue weighted by Gasteiger charge is 2.32. The highest BCUT2D eigenvalue weighted by atomic mass is 35.5. The maximum atomic E-state index is 12.9. The standard InChI is InChI=1S/C18H15ClF3NO2/c19-15-9-8-14(16(11-15)18(20,21)22)7-4-10-23-17(24)25-12-13-5-2-1-3-6-13/h1-9,11H,10,12H2,(H,23,24). The number of carbonyl (C=O) groups excluding carboxylic acids is 1. The largest absolute Gasteiger partial charge is 0.445 e. The van der Waals surface area contributed by atoms with Gasteiger partial charge in [0.15, 0.2) is 0 Å². The topological polar surface area (TPSA) is 38.3 Å². The second kappa shape index (κ2) is 8.58. The molecule has 0 aromatic heterocycles. The smallest absolute Gasteiger partial charge is 0.417 e. The van der Waals surface area contributed by atoms with Gasteiger partial charge in [-0.05, 0) is 23.3 Å². The number of alkyl carbamates (subject to hydrolysis) is 1. The van der Waals surface area contributed by atoms with Crippen LogP contribution in [0.15, 0.2) is 54.6 Å². The lowest BCUT2D eigenvalue weighted by Gasteiger charge is -2.10. The Kier molecular flexibility index (Phi) is 6.47. The van der Waals surface area contributed by atoms with E-state index in [0.29, 0.717) is 0 Å². The van der Waals surface area contributed by atoms with Crippen molar-refractivity contribution in [3.63, 3.8) is 0 Å². The summed E-state index contributed by atoms with van der Waals surface area (Å²) in [5.74, 6) is 0. The van der Waals surface area contributed by atoms with Crippen LogP contribution in [0.4, 0.5) is 18.0 Å². The van der Waals surface area contributed by atoms with Gasteiger partial charge in [-0.1, -0.05) is 60.2 Å². The first kappa shape index (κ1) is 18.9. The summed E-state index contributed by atoms with van der Waals surface area (Å²) in [6.45, 7) is 0.152. The monoisotopic (exact) mass is 369 g/mol. The third-order valence-corrected chi connectivity index (χ3v) is 3.43. The van der Waals surface area contributed by atoms with Crippen LogP contribution < -0.4 is 5.32 Å². The number of hydrogen-bond acceptors (Lipinski definition) is 2. The lowest BCUT2D eigenvalue weighted by molar-refractivity contribution is -0.137. The van der Waals surface area contributed by atoms with E-state index in [9.17, 15) is 18.0 Å². The normalized spacial score (nSPS) is 11.5. The summed E-state index contributed by atoms with van der Waals surface area (Å²) in [7, 11) is 0. The third-order valence-electron chi connectivity index (χ3n) is 3.20. The van der Waals surface area contributed by atoms with Gasteiger partial charge in [-0.25, -0.2) is 4.79 Å². The SMILES string of the molecule is O=C(NCC=Cc1ccc(Cl)cc1C(F)(F)F)OCc1ccccc1. The molecule has 132 valence electrons. The molecule has 0 fully saturated rings. The Morgan fingerprint density at radius 3 is 2.56 bits per heavy atom. The molecule has 0 heterocycles. The Morgan fingerprint density at radius 1 is 1.16 bits per heavy atom. The van der Waals surface area contributed by atoms with E-state index in [1.807, 2.05) is 30.3 Å². The average Bonchev–Trinajstić information content (AvgIpc) is 2.58. The van der Waals surface area contributed by atoms with Crippen molar-refractivity contribution in [2.75, 3.05) is 6.54 Å². The molecular formula is C18H15ClF3NO2. The van der Waals surface area contributed by atoms with E-state index in [0.717, 1.165) is 11.6 Å². The van der Waals surface area contributed by atoms with Gasteiger partial charge >= 0.3 is 12.3 Å². The number of amides is 1. The molecule has 0 aliphatic carbocycles. The minimum Gasteiger partial charge on any atom is -0.445 e. The molecule has 2 aromatic carbocycles. The molecule has 0 radical (unpaired) electrons. The summed E-state index contributed by atoms with van der Waals surface area (Å²) in [4.78, 5) is 11.5. The Morgan fingerprint density at radius 2 is 1.88 bits per heavy atom. The first-order chi connectivity index (χ1) is 11.9. The van der Waals surface area contributed by atoms with Gasteiger partial charge in [-0.2, -0.15) is 13.2 Å². The predicted molar refractivity (Wildman–Crippen MR) is 90.1 cm³/mol. The van der Waals surface area contributed by atoms with Gasteiger partial charge in [0.1, 0.15) is 6.61 Å². The second-order valence-corrected chi connectivity index (χ2v) is 5.51. The summed E-state index contributed by atoms with van der Waals surface area (Å²) in [5.41, 5.74) is -0.0246. The maximum Gasteiger partial charge on any atom is 0.417 e. The molecule has 25 heavy (non-hydrogen) atoms. The van der Waals surface area contributed by atoms with Crippen molar-refractivity contribution < 1.29 is 22.7 Å². The number of alkyl halides is 3. The van der Waals surface area contributed by atoms with Crippen LogP contribution in [0.5, 0.6) is 0 Å². The van der Waals surface area contributed by atoms with Crippen LogP contribution in [-0.2, 0) is 17.5 Å². The van der Waals surface area contributed by atoms with Crippen LogP contribution in [-0.4, -0.2) is 12.6 Å². The fraction of sp³-hybridized carbons (Fsp3) is 0.167. The van der Waals surface area contributed by atoms with Crippen molar-refractivity contribution in [1.29, 1.82) is 0 Å². The molecule has 0 atom stereocenters. The van der Waals surface area contributed by atoms with E-state index < -0.39 is 17.8 Å². The number of halogens is 4. The zero-order valence-electron chi connectivity index (χ0n) is 13.0. The number of carbonyl (C=O) groups is 1. The van der Waals surface area contributed by atoms with Crippen molar-refractivity contribution >= 4 is 23.8 Å². The summed E-state index contributed by atoms with van der Waals surface area (Å²) in [6.07, 6.45) is -2.48. The molecule has 0 bridgehead atoms. The zero-order valence-corrected chi connectivity index (χ0v) is 13.8. The van der Waals surface area contributed by atoms with Crippen molar-refractivity contribution in [2.24, 2.45) is 0 Å². The zero-order chi connectivity index (χ0) is 18.3. The van der Waals surface area contributed by atoms with Crippen molar-refractivity contribution in [3.8, 4) is 0 Å². The van der Waals surface area contributed by atoms with Crippen LogP contribution in [0.2, 0.25) is 5.02 Å². The van der Waals surface area contributed by atoms with E-state index in [1.165, 1.54) is 24.3 Å². The van der Waals surface area contributed by atoms with Crippen molar-refractivity contribution in [1.82, 2.24) is 5.32 Å². The fourth-order valence-electron chi connectivity index (χ4n) is 2.02. The number of nitrogens with one attached hydrogen (secondary N) is 1. The molecule has 0 aliphatic heterocycles. The van der Waals surface area contributed by atoms with E-state index in [-0.39, 0.29) is 23.7 Å². The maximum absolute atomic E-state index is 12.9. The Hall–Kier alpha value is -2.47. The van der Waals surface area contributed by atoms with Gasteiger partial charge in [0.25, 0.3) is 0 Å². The molecule has 0 aliphatic rings. The number of benzene rings is 2. The quantitative estimate of drug-likeness (QED) is 0.776. The molecule has 3 nitrogen and oxygen atoms in total. The average molecular weight is 370 g/mol. The van der Waals surface area contributed by atoms with Gasteiger partial charge in [-0.15, -0.1) is 0 Å². The minimum atomic E-state index is -4.51. The summed E-state index contributed by atoms with van der Waals surface area (Å²) in [6, 6.07) is 12.6. The van der Waals surface area contributed by atoms with E-state index >= 15 is 0 Å². The Balaban J connectivity index is 1.86.